The average Bonchev–Trinajstić information content (AvgIpc) is 3.07. The van der Waals surface area contributed by atoms with Crippen LogP contribution >= 0.6 is 0 Å². The van der Waals surface area contributed by atoms with Gasteiger partial charge in [-0.15, -0.1) is 0 Å². The van der Waals surface area contributed by atoms with Crippen LogP contribution in [0, 0.1) is 0 Å². The molecule has 0 spiro atoms. The Kier molecular flexibility index (Phi) is 5.40. The van der Waals surface area contributed by atoms with Gasteiger partial charge in [-0.3, -0.25) is 4.79 Å². The highest BCUT2D eigenvalue weighted by atomic mass is 16.5. The zero-order valence-corrected chi connectivity index (χ0v) is 16.5. The quantitative estimate of drug-likeness (QED) is 0.644. The molecule has 5 heteroatoms. The summed E-state index contributed by atoms with van der Waals surface area (Å²) in [5.41, 5.74) is 2.48. The van der Waals surface area contributed by atoms with Crippen LogP contribution in [0.2, 0.25) is 0 Å². The minimum Gasteiger partial charge on any atom is -0.493 e. The fourth-order valence-corrected chi connectivity index (χ4v) is 3.44. The Bertz CT molecular complexity index is 959. The number of methoxy groups -OCH3 is 2. The molecule has 0 unspecified atom stereocenters. The summed E-state index contributed by atoms with van der Waals surface area (Å²) in [4.78, 5) is 15.2. The molecule has 1 aromatic heterocycles. The number of nitrogens with zero attached hydrogens (tertiary/aromatic N) is 2. The largest absolute Gasteiger partial charge is 0.493 e. The number of carbonyl (C=O) groups excluding carboxylic acids is 1. The number of rotatable bonds is 6. The highest BCUT2D eigenvalue weighted by Crippen LogP contribution is 2.32. The number of amides is 1. The summed E-state index contributed by atoms with van der Waals surface area (Å²) in [5, 5.41) is 1.02. The number of ether oxygens (including phenoxy) is 2. The lowest BCUT2D eigenvalue weighted by Gasteiger charge is -2.26. The van der Waals surface area contributed by atoms with Crippen LogP contribution in [0.4, 0.5) is 0 Å². The third-order valence-electron chi connectivity index (χ3n) is 4.78. The van der Waals surface area contributed by atoms with Crippen molar-refractivity contribution in [1.82, 2.24) is 9.47 Å². The SMILES string of the molecule is CCN(C(=O)c1cc2ccccc2n1-c1ccc(OC)c(OC)c1)C(C)C. The number of aromatic nitrogens is 1. The molecule has 27 heavy (non-hydrogen) atoms. The molecular formula is C22H26N2O3. The molecule has 0 fully saturated rings. The molecule has 0 aliphatic rings. The Morgan fingerprint density at radius 2 is 1.74 bits per heavy atom. The number of para-hydroxylation sites is 1. The van der Waals surface area contributed by atoms with Crippen LogP contribution in [0.5, 0.6) is 11.5 Å². The summed E-state index contributed by atoms with van der Waals surface area (Å²) in [6.07, 6.45) is 0. The summed E-state index contributed by atoms with van der Waals surface area (Å²) in [6.45, 7) is 6.72. The summed E-state index contributed by atoms with van der Waals surface area (Å²) in [5.74, 6) is 1.30. The lowest BCUT2D eigenvalue weighted by atomic mass is 10.2. The second-order valence-electron chi connectivity index (χ2n) is 6.65. The summed E-state index contributed by atoms with van der Waals surface area (Å²) in [6, 6.07) is 15.8. The van der Waals surface area contributed by atoms with Crippen LogP contribution in [0.1, 0.15) is 31.3 Å². The van der Waals surface area contributed by atoms with Gasteiger partial charge in [0.1, 0.15) is 5.69 Å². The molecule has 2 aromatic carbocycles. The van der Waals surface area contributed by atoms with Crippen LogP contribution in [-0.2, 0) is 0 Å². The molecule has 0 N–H and O–H groups in total. The van der Waals surface area contributed by atoms with Gasteiger partial charge in [-0.25, -0.2) is 0 Å². The van der Waals surface area contributed by atoms with Crippen LogP contribution in [-0.4, -0.2) is 42.2 Å². The fraction of sp³-hybridized carbons (Fsp3) is 0.318. The molecule has 0 aliphatic carbocycles. The maximum atomic E-state index is 13.3. The van der Waals surface area contributed by atoms with Crippen molar-refractivity contribution in [2.75, 3.05) is 20.8 Å². The monoisotopic (exact) mass is 366 g/mol. The van der Waals surface area contributed by atoms with Gasteiger partial charge >= 0.3 is 0 Å². The van der Waals surface area contributed by atoms with Crippen LogP contribution in [0.25, 0.3) is 16.6 Å². The van der Waals surface area contributed by atoms with E-state index in [1.54, 1.807) is 14.2 Å². The molecule has 3 aromatic rings. The van der Waals surface area contributed by atoms with Crippen molar-refractivity contribution in [3.05, 3.63) is 54.2 Å². The van der Waals surface area contributed by atoms with E-state index >= 15 is 0 Å². The molecule has 0 saturated carbocycles. The summed E-state index contributed by atoms with van der Waals surface area (Å²) >= 11 is 0. The van der Waals surface area contributed by atoms with E-state index in [2.05, 4.69) is 0 Å². The van der Waals surface area contributed by atoms with E-state index in [-0.39, 0.29) is 11.9 Å². The van der Waals surface area contributed by atoms with E-state index in [0.717, 1.165) is 16.6 Å². The summed E-state index contributed by atoms with van der Waals surface area (Å²) < 4.78 is 12.8. The molecular weight excluding hydrogens is 340 g/mol. The first-order valence-corrected chi connectivity index (χ1v) is 9.15. The van der Waals surface area contributed by atoms with Gasteiger partial charge in [0.25, 0.3) is 5.91 Å². The van der Waals surface area contributed by atoms with Crippen LogP contribution in [0.3, 0.4) is 0 Å². The van der Waals surface area contributed by atoms with Crippen LogP contribution < -0.4 is 9.47 Å². The minimum absolute atomic E-state index is 0.0125. The van der Waals surface area contributed by atoms with Gasteiger partial charge in [-0.1, -0.05) is 18.2 Å². The number of carbonyl (C=O) groups is 1. The maximum absolute atomic E-state index is 13.3. The lowest BCUT2D eigenvalue weighted by molar-refractivity contribution is 0.0709. The Balaban J connectivity index is 2.24. The van der Waals surface area contributed by atoms with Gasteiger partial charge in [-0.05, 0) is 45.0 Å². The zero-order chi connectivity index (χ0) is 19.6. The highest BCUT2D eigenvalue weighted by Gasteiger charge is 2.23. The minimum atomic E-state index is 0.0125. The van der Waals surface area contributed by atoms with E-state index in [1.165, 1.54) is 0 Å². The van der Waals surface area contributed by atoms with Gasteiger partial charge in [0.2, 0.25) is 0 Å². The van der Waals surface area contributed by atoms with Crippen molar-refractivity contribution in [2.45, 2.75) is 26.8 Å². The lowest BCUT2D eigenvalue weighted by Crippen LogP contribution is -2.37. The smallest absolute Gasteiger partial charge is 0.271 e. The Hall–Kier alpha value is -2.95. The topological polar surface area (TPSA) is 43.7 Å². The van der Waals surface area contributed by atoms with Gasteiger partial charge in [-0.2, -0.15) is 0 Å². The predicted molar refractivity (Wildman–Crippen MR) is 108 cm³/mol. The molecule has 1 amide bonds. The Morgan fingerprint density at radius 3 is 2.37 bits per heavy atom. The fourth-order valence-electron chi connectivity index (χ4n) is 3.44. The Morgan fingerprint density at radius 1 is 1.04 bits per heavy atom. The first-order valence-electron chi connectivity index (χ1n) is 9.15. The van der Waals surface area contributed by atoms with Crippen molar-refractivity contribution in [3.8, 4) is 17.2 Å². The van der Waals surface area contributed by atoms with Crippen LogP contribution in [0.15, 0.2) is 48.5 Å². The van der Waals surface area contributed by atoms with E-state index < -0.39 is 0 Å². The van der Waals surface area contributed by atoms with Gasteiger partial charge in [0.15, 0.2) is 11.5 Å². The molecule has 142 valence electrons. The maximum Gasteiger partial charge on any atom is 0.271 e. The second kappa shape index (κ2) is 7.74. The molecule has 0 radical (unpaired) electrons. The van der Waals surface area contributed by atoms with Crippen molar-refractivity contribution >= 4 is 16.8 Å². The molecule has 0 aliphatic heterocycles. The molecule has 5 nitrogen and oxygen atoms in total. The molecule has 3 rings (SSSR count). The first kappa shape index (κ1) is 18.8. The average molecular weight is 366 g/mol. The van der Waals surface area contributed by atoms with Gasteiger partial charge < -0.3 is 18.9 Å². The molecule has 1 heterocycles. The highest BCUT2D eigenvalue weighted by molar-refractivity contribution is 6.00. The number of fused-ring (bicyclic) bond motifs is 1. The second-order valence-corrected chi connectivity index (χ2v) is 6.65. The third kappa shape index (κ3) is 3.37. The first-order chi connectivity index (χ1) is 13.0. The van der Waals surface area contributed by atoms with Gasteiger partial charge in [0.05, 0.1) is 25.4 Å². The van der Waals surface area contributed by atoms with Gasteiger partial charge in [0, 0.05) is 24.0 Å². The third-order valence-corrected chi connectivity index (χ3v) is 4.78. The zero-order valence-electron chi connectivity index (χ0n) is 16.5. The predicted octanol–water partition coefficient (Wildman–Crippen LogP) is 4.52. The Labute approximate surface area is 160 Å². The standard InChI is InChI=1S/C22H26N2O3/c1-6-23(15(2)3)22(25)19-13-16-9-7-8-10-18(16)24(19)17-11-12-20(26-4)21(14-17)27-5/h7-15H,6H2,1-5H3. The number of hydrogen-bond acceptors (Lipinski definition) is 3. The van der Waals surface area contributed by atoms with Crippen molar-refractivity contribution in [3.63, 3.8) is 0 Å². The van der Waals surface area contributed by atoms with Crippen molar-refractivity contribution in [2.24, 2.45) is 0 Å². The van der Waals surface area contributed by atoms with E-state index in [4.69, 9.17) is 9.47 Å². The van der Waals surface area contributed by atoms with E-state index in [0.29, 0.717) is 23.7 Å². The number of benzene rings is 2. The molecule has 0 saturated heterocycles. The van der Waals surface area contributed by atoms with Crippen molar-refractivity contribution in [1.29, 1.82) is 0 Å². The normalized spacial score (nSPS) is 11.0. The molecule has 0 atom stereocenters. The molecule has 0 bridgehead atoms. The van der Waals surface area contributed by atoms with E-state index in [1.807, 2.05) is 78.8 Å². The summed E-state index contributed by atoms with van der Waals surface area (Å²) in [7, 11) is 3.22. The van der Waals surface area contributed by atoms with Crippen molar-refractivity contribution < 1.29 is 14.3 Å². The van der Waals surface area contributed by atoms with E-state index in [9.17, 15) is 4.79 Å². The number of hydrogen-bond donors (Lipinski definition) is 0.